The number of benzene rings is 1. The Morgan fingerprint density at radius 1 is 1.43 bits per heavy atom. The molecule has 0 aliphatic rings. The summed E-state index contributed by atoms with van der Waals surface area (Å²) < 4.78 is 1.83. The summed E-state index contributed by atoms with van der Waals surface area (Å²) >= 11 is 1.33. The topological polar surface area (TPSA) is 83.6 Å². The predicted octanol–water partition coefficient (Wildman–Crippen LogP) is 2.11. The predicted molar refractivity (Wildman–Crippen MR) is 80.8 cm³/mol. The molecule has 1 N–H and O–H groups in total. The third-order valence-electron chi connectivity index (χ3n) is 3.01. The Morgan fingerprint density at radius 3 is 2.76 bits per heavy atom. The van der Waals surface area contributed by atoms with E-state index in [0.717, 1.165) is 5.82 Å². The van der Waals surface area contributed by atoms with Crippen LogP contribution in [0.5, 0.6) is 0 Å². The summed E-state index contributed by atoms with van der Waals surface area (Å²) in [6, 6.07) is 8.97. The molecule has 7 heteroatoms. The number of hydrogen-bond donors (Lipinski definition) is 1. The number of carbonyl (C=O) groups is 1. The van der Waals surface area contributed by atoms with Gasteiger partial charge in [0.1, 0.15) is 11.9 Å². The van der Waals surface area contributed by atoms with Crippen LogP contribution < -0.4 is 5.32 Å². The van der Waals surface area contributed by atoms with Gasteiger partial charge in [-0.3, -0.25) is 4.79 Å². The number of hydrogen-bond acceptors (Lipinski definition) is 5. The lowest BCUT2D eigenvalue weighted by Crippen LogP contribution is -2.23. The Labute approximate surface area is 127 Å². The molecule has 1 heterocycles. The highest BCUT2D eigenvalue weighted by Gasteiger charge is 2.18. The first-order valence-electron chi connectivity index (χ1n) is 6.35. The molecule has 108 valence electrons. The maximum atomic E-state index is 12.2. The monoisotopic (exact) mass is 301 g/mol. The minimum absolute atomic E-state index is 0.177. The van der Waals surface area contributed by atoms with Crippen molar-refractivity contribution in [3.63, 3.8) is 0 Å². The van der Waals surface area contributed by atoms with Crippen molar-refractivity contribution in [2.24, 2.45) is 7.05 Å². The number of nitrogens with zero attached hydrogens (tertiary/aromatic N) is 4. The Kier molecular flexibility index (Phi) is 4.60. The zero-order valence-corrected chi connectivity index (χ0v) is 12.8. The number of amides is 1. The number of anilines is 1. The molecule has 1 atom stereocenters. The standard InChI is InChI=1S/C14H15N5OS/c1-9(21-14-18-17-10(2)19(14)3)13(20)16-12-7-5-4-6-11(12)8-15/h4-7,9H,1-3H3,(H,16,20)/t9-/m1/s1. The van der Waals surface area contributed by atoms with Crippen molar-refractivity contribution in [3.05, 3.63) is 35.7 Å². The average molecular weight is 301 g/mol. The number of carbonyl (C=O) groups excluding carboxylic acids is 1. The molecule has 0 bridgehead atoms. The van der Waals surface area contributed by atoms with E-state index >= 15 is 0 Å². The number of aryl methyl sites for hydroxylation is 1. The van der Waals surface area contributed by atoms with Crippen LogP contribution in [0.3, 0.4) is 0 Å². The van der Waals surface area contributed by atoms with E-state index in [1.54, 1.807) is 31.2 Å². The lowest BCUT2D eigenvalue weighted by molar-refractivity contribution is -0.115. The molecule has 0 aliphatic heterocycles. The molecule has 0 aliphatic carbocycles. The van der Waals surface area contributed by atoms with Crippen molar-refractivity contribution < 1.29 is 4.79 Å². The van der Waals surface area contributed by atoms with Gasteiger partial charge < -0.3 is 9.88 Å². The molecule has 0 radical (unpaired) electrons. The summed E-state index contributed by atoms with van der Waals surface area (Å²) in [6.07, 6.45) is 0. The fourth-order valence-electron chi connectivity index (χ4n) is 1.63. The van der Waals surface area contributed by atoms with Crippen LogP contribution in [0.15, 0.2) is 29.4 Å². The van der Waals surface area contributed by atoms with E-state index in [9.17, 15) is 4.79 Å². The van der Waals surface area contributed by atoms with Crippen LogP contribution in [0.1, 0.15) is 18.3 Å². The highest BCUT2D eigenvalue weighted by Crippen LogP contribution is 2.23. The number of nitrogens with one attached hydrogen (secondary N) is 1. The van der Waals surface area contributed by atoms with Gasteiger partial charge in [-0.2, -0.15) is 5.26 Å². The maximum Gasteiger partial charge on any atom is 0.237 e. The van der Waals surface area contributed by atoms with Crippen LogP contribution in [0.4, 0.5) is 5.69 Å². The third-order valence-corrected chi connectivity index (χ3v) is 4.14. The van der Waals surface area contributed by atoms with Gasteiger partial charge in [0, 0.05) is 7.05 Å². The fraction of sp³-hybridized carbons (Fsp3) is 0.286. The fourth-order valence-corrected chi connectivity index (χ4v) is 2.49. The zero-order chi connectivity index (χ0) is 15.4. The summed E-state index contributed by atoms with van der Waals surface area (Å²) in [6.45, 7) is 3.64. The van der Waals surface area contributed by atoms with Crippen molar-refractivity contribution in [3.8, 4) is 6.07 Å². The van der Waals surface area contributed by atoms with Crippen LogP contribution >= 0.6 is 11.8 Å². The van der Waals surface area contributed by atoms with E-state index < -0.39 is 0 Å². The molecule has 0 unspecified atom stereocenters. The molecule has 2 rings (SSSR count). The van der Waals surface area contributed by atoms with E-state index in [1.165, 1.54) is 11.8 Å². The largest absolute Gasteiger partial charge is 0.324 e. The molecule has 1 aromatic carbocycles. The van der Waals surface area contributed by atoms with E-state index in [1.807, 2.05) is 18.5 Å². The third kappa shape index (κ3) is 3.41. The Bertz CT molecular complexity index is 704. The summed E-state index contributed by atoms with van der Waals surface area (Å²) in [4.78, 5) is 12.2. The molecule has 0 spiro atoms. The number of nitriles is 1. The van der Waals surface area contributed by atoms with E-state index in [-0.39, 0.29) is 11.2 Å². The molecule has 1 aromatic heterocycles. The van der Waals surface area contributed by atoms with Gasteiger partial charge in [0.05, 0.1) is 16.5 Å². The van der Waals surface area contributed by atoms with Gasteiger partial charge in [0.15, 0.2) is 5.16 Å². The van der Waals surface area contributed by atoms with Gasteiger partial charge >= 0.3 is 0 Å². The quantitative estimate of drug-likeness (QED) is 0.874. The second-order valence-electron chi connectivity index (χ2n) is 4.50. The minimum atomic E-state index is -0.348. The molecule has 0 saturated heterocycles. The molecule has 6 nitrogen and oxygen atoms in total. The summed E-state index contributed by atoms with van der Waals surface area (Å²) in [5, 5.41) is 20.1. The smallest absolute Gasteiger partial charge is 0.237 e. The molecule has 2 aromatic rings. The molecule has 1 amide bonds. The molecule has 0 fully saturated rings. The Hall–Kier alpha value is -2.33. The van der Waals surface area contributed by atoms with Crippen molar-refractivity contribution in [1.29, 1.82) is 5.26 Å². The second-order valence-corrected chi connectivity index (χ2v) is 5.80. The number of thioether (sulfide) groups is 1. The van der Waals surface area contributed by atoms with Crippen molar-refractivity contribution in [2.45, 2.75) is 24.3 Å². The first-order valence-corrected chi connectivity index (χ1v) is 7.23. The van der Waals surface area contributed by atoms with E-state index in [4.69, 9.17) is 5.26 Å². The van der Waals surface area contributed by atoms with E-state index in [2.05, 4.69) is 21.6 Å². The van der Waals surface area contributed by atoms with Gasteiger partial charge in [-0.25, -0.2) is 0 Å². The maximum absolute atomic E-state index is 12.2. The second kappa shape index (κ2) is 6.41. The molecular weight excluding hydrogens is 286 g/mol. The molecule has 21 heavy (non-hydrogen) atoms. The molecular formula is C14H15N5OS. The SMILES string of the molecule is Cc1nnc(S[C@H](C)C(=O)Nc2ccccc2C#N)n1C. The van der Waals surface area contributed by atoms with Crippen LogP contribution in [0, 0.1) is 18.3 Å². The number of para-hydroxylation sites is 1. The summed E-state index contributed by atoms with van der Waals surface area (Å²) in [7, 11) is 1.85. The number of aromatic nitrogens is 3. The Balaban J connectivity index is 2.06. The van der Waals surface area contributed by atoms with Crippen molar-refractivity contribution >= 4 is 23.4 Å². The highest BCUT2D eigenvalue weighted by atomic mass is 32.2. The number of rotatable bonds is 4. The van der Waals surface area contributed by atoms with Crippen LogP contribution in [-0.2, 0) is 11.8 Å². The van der Waals surface area contributed by atoms with Crippen LogP contribution in [-0.4, -0.2) is 25.9 Å². The average Bonchev–Trinajstić information content (AvgIpc) is 2.79. The van der Waals surface area contributed by atoms with Crippen molar-refractivity contribution in [1.82, 2.24) is 14.8 Å². The van der Waals surface area contributed by atoms with Gasteiger partial charge in [0.2, 0.25) is 5.91 Å². The molecule has 0 saturated carbocycles. The van der Waals surface area contributed by atoms with E-state index in [0.29, 0.717) is 16.4 Å². The summed E-state index contributed by atoms with van der Waals surface area (Å²) in [5.74, 6) is 0.614. The minimum Gasteiger partial charge on any atom is -0.324 e. The van der Waals surface area contributed by atoms with Crippen LogP contribution in [0.2, 0.25) is 0 Å². The van der Waals surface area contributed by atoms with Crippen molar-refractivity contribution in [2.75, 3.05) is 5.32 Å². The van der Waals surface area contributed by atoms with Gasteiger partial charge in [-0.1, -0.05) is 23.9 Å². The van der Waals surface area contributed by atoms with Gasteiger partial charge in [0.25, 0.3) is 0 Å². The van der Waals surface area contributed by atoms with Gasteiger partial charge in [-0.05, 0) is 26.0 Å². The zero-order valence-electron chi connectivity index (χ0n) is 12.0. The Morgan fingerprint density at radius 2 is 2.14 bits per heavy atom. The van der Waals surface area contributed by atoms with Crippen LogP contribution in [0.25, 0.3) is 0 Å². The normalized spacial score (nSPS) is 11.7. The highest BCUT2D eigenvalue weighted by molar-refractivity contribution is 8.00. The van der Waals surface area contributed by atoms with Gasteiger partial charge in [-0.15, -0.1) is 10.2 Å². The lowest BCUT2D eigenvalue weighted by atomic mass is 10.2. The summed E-state index contributed by atoms with van der Waals surface area (Å²) in [5.41, 5.74) is 0.962. The first kappa shape index (κ1) is 15.1. The first-order chi connectivity index (χ1) is 10.0. The lowest BCUT2D eigenvalue weighted by Gasteiger charge is -2.12.